The molecule has 0 bridgehead atoms. The van der Waals surface area contributed by atoms with E-state index < -0.39 is 0 Å². The van der Waals surface area contributed by atoms with Crippen LogP contribution in [0.25, 0.3) is 16.7 Å². The van der Waals surface area contributed by atoms with Crippen LogP contribution in [0.2, 0.25) is 0 Å². The molecule has 1 aliphatic carbocycles. The predicted molar refractivity (Wildman–Crippen MR) is 120 cm³/mol. The SMILES string of the molecule is COCC1=C(c2ccc(C(C)=O)cc2)C(c2ccccc2)=C(c2ccccc2)C1=O. The second kappa shape index (κ2) is 8.44. The van der Waals surface area contributed by atoms with E-state index in [9.17, 15) is 9.59 Å². The second-order valence-electron chi connectivity index (χ2n) is 7.23. The van der Waals surface area contributed by atoms with Gasteiger partial charge in [0.05, 0.1) is 6.61 Å². The molecule has 0 heterocycles. The van der Waals surface area contributed by atoms with Crippen molar-refractivity contribution >= 4 is 28.3 Å². The van der Waals surface area contributed by atoms with Crippen LogP contribution in [0.3, 0.4) is 0 Å². The van der Waals surface area contributed by atoms with Gasteiger partial charge in [0.1, 0.15) is 0 Å². The molecule has 1 aliphatic rings. The highest BCUT2D eigenvalue weighted by Crippen LogP contribution is 2.46. The zero-order valence-corrected chi connectivity index (χ0v) is 17.0. The highest BCUT2D eigenvalue weighted by molar-refractivity contribution is 6.47. The normalized spacial score (nSPS) is 13.9. The fourth-order valence-electron chi connectivity index (χ4n) is 3.90. The molecule has 30 heavy (non-hydrogen) atoms. The number of methoxy groups -OCH3 is 1. The summed E-state index contributed by atoms with van der Waals surface area (Å²) in [4.78, 5) is 25.3. The average molecular weight is 394 g/mol. The quantitative estimate of drug-likeness (QED) is 0.520. The Hall–Kier alpha value is -3.56. The van der Waals surface area contributed by atoms with Crippen LogP contribution in [0.5, 0.6) is 0 Å². The highest BCUT2D eigenvalue weighted by atomic mass is 16.5. The van der Waals surface area contributed by atoms with Crippen LogP contribution in [-0.4, -0.2) is 25.3 Å². The molecular formula is C27H22O3. The van der Waals surface area contributed by atoms with E-state index in [1.807, 2.05) is 84.9 Å². The van der Waals surface area contributed by atoms with E-state index in [1.165, 1.54) is 0 Å². The largest absolute Gasteiger partial charge is 0.380 e. The first-order valence-electron chi connectivity index (χ1n) is 9.85. The summed E-state index contributed by atoms with van der Waals surface area (Å²) in [7, 11) is 1.60. The van der Waals surface area contributed by atoms with Gasteiger partial charge < -0.3 is 4.74 Å². The highest BCUT2D eigenvalue weighted by Gasteiger charge is 2.34. The van der Waals surface area contributed by atoms with Gasteiger partial charge >= 0.3 is 0 Å². The van der Waals surface area contributed by atoms with E-state index in [0.717, 1.165) is 27.8 Å². The zero-order valence-electron chi connectivity index (χ0n) is 17.0. The van der Waals surface area contributed by atoms with Crippen molar-refractivity contribution in [2.75, 3.05) is 13.7 Å². The topological polar surface area (TPSA) is 43.4 Å². The van der Waals surface area contributed by atoms with E-state index in [1.54, 1.807) is 14.0 Å². The molecule has 3 heteroatoms. The Bertz CT molecular complexity index is 1150. The molecule has 0 radical (unpaired) electrons. The summed E-state index contributed by atoms with van der Waals surface area (Å²) in [6.07, 6.45) is 0. The van der Waals surface area contributed by atoms with Gasteiger partial charge in [-0.1, -0.05) is 84.9 Å². The molecule has 0 N–H and O–H groups in total. The summed E-state index contributed by atoms with van der Waals surface area (Å²) in [5.41, 5.74) is 6.46. The molecule has 3 aromatic rings. The number of benzene rings is 3. The number of Topliss-reactive ketones (excluding diaryl/α,β-unsaturated/α-hetero) is 2. The number of ether oxygens (including phenoxy) is 1. The van der Waals surface area contributed by atoms with Crippen molar-refractivity contribution in [3.8, 4) is 0 Å². The summed E-state index contributed by atoms with van der Waals surface area (Å²) < 4.78 is 5.42. The first-order valence-corrected chi connectivity index (χ1v) is 9.85. The Morgan fingerprint density at radius 3 is 1.70 bits per heavy atom. The lowest BCUT2D eigenvalue weighted by molar-refractivity contribution is -0.110. The minimum Gasteiger partial charge on any atom is -0.380 e. The van der Waals surface area contributed by atoms with Crippen molar-refractivity contribution < 1.29 is 14.3 Å². The Kier molecular flexibility index (Phi) is 5.55. The minimum atomic E-state index is -0.0208. The average Bonchev–Trinajstić information content (AvgIpc) is 3.07. The standard InChI is InChI=1S/C27H22O3/c1-18(28)19-13-15-22(16-14-19)24-23(17-30-2)27(29)26(21-11-7-4-8-12-21)25(24)20-9-5-3-6-10-20/h3-16H,17H2,1-2H3. The van der Waals surface area contributed by atoms with Crippen molar-refractivity contribution in [3.63, 3.8) is 0 Å². The molecule has 0 spiro atoms. The van der Waals surface area contributed by atoms with Gasteiger partial charge in [-0.2, -0.15) is 0 Å². The number of hydrogen-bond acceptors (Lipinski definition) is 3. The molecule has 0 aliphatic heterocycles. The first-order chi connectivity index (χ1) is 14.6. The van der Waals surface area contributed by atoms with Gasteiger partial charge in [-0.25, -0.2) is 0 Å². The van der Waals surface area contributed by atoms with Crippen LogP contribution in [0.4, 0.5) is 0 Å². The van der Waals surface area contributed by atoms with Crippen LogP contribution >= 0.6 is 0 Å². The molecule has 0 saturated heterocycles. The van der Waals surface area contributed by atoms with Gasteiger partial charge in [0.25, 0.3) is 0 Å². The molecular weight excluding hydrogens is 372 g/mol. The molecule has 148 valence electrons. The molecule has 3 nitrogen and oxygen atoms in total. The Labute approximate surface area is 176 Å². The Morgan fingerprint density at radius 2 is 1.20 bits per heavy atom. The maximum absolute atomic E-state index is 13.6. The van der Waals surface area contributed by atoms with Gasteiger partial charge in [0, 0.05) is 29.4 Å². The van der Waals surface area contributed by atoms with Crippen LogP contribution in [0.15, 0.2) is 90.5 Å². The molecule has 0 fully saturated rings. The maximum Gasteiger partial charge on any atom is 0.193 e. The van der Waals surface area contributed by atoms with Gasteiger partial charge in [0.2, 0.25) is 0 Å². The molecule has 4 rings (SSSR count). The number of carbonyl (C=O) groups excluding carboxylic acids is 2. The summed E-state index contributed by atoms with van der Waals surface area (Å²) >= 11 is 0. The number of ketones is 2. The maximum atomic E-state index is 13.6. The van der Waals surface area contributed by atoms with Crippen molar-refractivity contribution in [1.29, 1.82) is 0 Å². The lowest BCUT2D eigenvalue weighted by Crippen LogP contribution is -2.07. The van der Waals surface area contributed by atoms with Gasteiger partial charge in [-0.05, 0) is 29.2 Å². The second-order valence-corrected chi connectivity index (χ2v) is 7.23. The zero-order chi connectivity index (χ0) is 21.1. The number of allylic oxidation sites excluding steroid dienone is 3. The van der Waals surface area contributed by atoms with E-state index in [2.05, 4.69) is 0 Å². The molecule has 0 aromatic heterocycles. The molecule has 0 saturated carbocycles. The fourth-order valence-corrected chi connectivity index (χ4v) is 3.90. The molecule has 3 aromatic carbocycles. The van der Waals surface area contributed by atoms with E-state index >= 15 is 0 Å². The third kappa shape index (κ3) is 3.56. The summed E-state index contributed by atoms with van der Waals surface area (Å²) in [5, 5.41) is 0. The monoisotopic (exact) mass is 394 g/mol. The van der Waals surface area contributed by atoms with Crippen LogP contribution < -0.4 is 0 Å². The fraction of sp³-hybridized carbons (Fsp3) is 0.111. The summed E-state index contributed by atoms with van der Waals surface area (Å²) in [6, 6.07) is 27.1. The number of rotatable bonds is 6. The van der Waals surface area contributed by atoms with Gasteiger partial charge in [-0.15, -0.1) is 0 Å². The van der Waals surface area contributed by atoms with Crippen molar-refractivity contribution in [2.45, 2.75) is 6.92 Å². The van der Waals surface area contributed by atoms with Crippen LogP contribution in [0, 0.1) is 0 Å². The number of carbonyl (C=O) groups is 2. The van der Waals surface area contributed by atoms with E-state index in [0.29, 0.717) is 16.7 Å². The van der Waals surface area contributed by atoms with Crippen molar-refractivity contribution in [3.05, 3.63) is 113 Å². The molecule has 0 amide bonds. The lowest BCUT2D eigenvalue weighted by atomic mass is 9.89. The van der Waals surface area contributed by atoms with Crippen molar-refractivity contribution in [1.82, 2.24) is 0 Å². The summed E-state index contributed by atoms with van der Waals surface area (Å²) in [6.45, 7) is 1.77. The smallest absolute Gasteiger partial charge is 0.193 e. The summed E-state index contributed by atoms with van der Waals surface area (Å²) in [5.74, 6) is -0.00788. The van der Waals surface area contributed by atoms with Crippen LogP contribution in [0.1, 0.15) is 34.0 Å². The van der Waals surface area contributed by atoms with E-state index in [-0.39, 0.29) is 18.2 Å². The third-order valence-electron chi connectivity index (χ3n) is 5.30. The third-order valence-corrected chi connectivity index (χ3v) is 5.30. The predicted octanol–water partition coefficient (Wildman–Crippen LogP) is 5.48. The number of hydrogen-bond donors (Lipinski definition) is 0. The molecule has 0 atom stereocenters. The van der Waals surface area contributed by atoms with Gasteiger partial charge in [0.15, 0.2) is 11.6 Å². The molecule has 0 unspecified atom stereocenters. The van der Waals surface area contributed by atoms with Crippen molar-refractivity contribution in [2.24, 2.45) is 0 Å². The van der Waals surface area contributed by atoms with Crippen LogP contribution in [-0.2, 0) is 9.53 Å². The first kappa shape index (κ1) is 19.7. The van der Waals surface area contributed by atoms with Gasteiger partial charge in [-0.3, -0.25) is 9.59 Å². The lowest BCUT2D eigenvalue weighted by Gasteiger charge is -2.13. The Balaban J connectivity index is 2.00. The Morgan fingerprint density at radius 1 is 0.700 bits per heavy atom. The van der Waals surface area contributed by atoms with E-state index in [4.69, 9.17) is 4.74 Å². The minimum absolute atomic E-state index is 0.0129.